The molecule has 3 saturated carbocycles. The van der Waals surface area contributed by atoms with Crippen LogP contribution in [-0.4, -0.2) is 127 Å². The van der Waals surface area contributed by atoms with Gasteiger partial charge in [-0.05, 0) is 56.8 Å². The number of aliphatic hydroxyl groups excluding tert-OH is 2. The lowest BCUT2D eigenvalue weighted by Gasteiger charge is -2.64. The van der Waals surface area contributed by atoms with Crippen LogP contribution in [0.4, 0.5) is 5.82 Å². The molecule has 0 radical (unpaired) electrons. The minimum absolute atomic E-state index is 0.0309. The number of rotatable bonds is 8. The third kappa shape index (κ3) is 6.44. The number of aryl methyl sites for hydroxylation is 1. The number of nitrogens with zero attached hydrogens (tertiary/aromatic N) is 7. The lowest BCUT2D eigenvalue weighted by Crippen LogP contribution is -2.69. The van der Waals surface area contributed by atoms with E-state index in [-0.39, 0.29) is 36.6 Å². The number of Topliss-reactive ketones (excluding diaryl/α,β-unsaturated/α-hetero) is 1. The van der Waals surface area contributed by atoms with Gasteiger partial charge in [0.2, 0.25) is 5.91 Å². The number of fused-ring (bicyclic) bond motifs is 1. The number of esters is 1. The van der Waals surface area contributed by atoms with Gasteiger partial charge in [0.1, 0.15) is 17.7 Å². The van der Waals surface area contributed by atoms with Crippen LogP contribution < -0.4 is 10.6 Å². The number of carbonyl (C=O) groups is 3. The topological polar surface area (TPSA) is 180 Å². The van der Waals surface area contributed by atoms with Crippen molar-refractivity contribution in [3.63, 3.8) is 0 Å². The Hall–Kier alpha value is -3.46. The zero-order valence-electron chi connectivity index (χ0n) is 32.6. The van der Waals surface area contributed by atoms with E-state index in [0.29, 0.717) is 70.5 Å². The van der Waals surface area contributed by atoms with Crippen LogP contribution in [0.3, 0.4) is 0 Å². The molecule has 2 aromatic heterocycles. The Morgan fingerprint density at radius 3 is 2.56 bits per heavy atom. The van der Waals surface area contributed by atoms with Crippen molar-refractivity contribution in [2.75, 3.05) is 50.7 Å². The maximum Gasteiger partial charge on any atom is 0.320 e. The number of aliphatic hydroxyl groups is 2. The molecule has 0 aromatic carbocycles. The van der Waals surface area contributed by atoms with E-state index in [9.17, 15) is 24.6 Å². The summed E-state index contributed by atoms with van der Waals surface area (Å²) in [7, 11) is 0. The molecule has 0 spiro atoms. The average Bonchev–Trinajstić information content (AvgIpc) is 3.66. The lowest BCUT2D eigenvalue weighted by atomic mass is 9.42. The molecule has 14 nitrogen and oxygen atoms in total. The quantitative estimate of drug-likeness (QED) is 0.266. The molecule has 7 rings (SSSR count). The van der Waals surface area contributed by atoms with E-state index in [1.165, 1.54) is 0 Å². The van der Waals surface area contributed by atoms with E-state index >= 15 is 0 Å². The standard InChI is InChI=1S/C40H60N8O6/c1-6-37(3)21-29(50)39(5)33-28(49)10-12-40(33,26(2)34(37)53)14-13-38(39,4)54-31(52)23-45-17-19-46(20-18-45)30(51)11-16-48-25-44-32-35(42-24-43-36(32)48)47-15-8-7-9-27(41)22-47/h6,24-27,29,33-34,50,53H,1,7-23,41H2,2-5H3. The maximum atomic E-state index is 13.7. The molecule has 5 aliphatic rings. The molecular formula is C40H60N8O6. The Balaban J connectivity index is 0.961. The normalized spacial score (nSPS) is 37.7. The van der Waals surface area contributed by atoms with E-state index in [2.05, 4.69) is 26.4 Å². The minimum Gasteiger partial charge on any atom is -0.458 e. The van der Waals surface area contributed by atoms with Gasteiger partial charge in [-0.1, -0.05) is 33.3 Å². The SMILES string of the molecule is C=CC1(C)CC(O)C2(C)C3C(=O)CCC3(CCC2(C)OC(=O)CN2CCN(C(=O)CCn3cnc4c(N5CCCCC(N)C5)ncnc43)CC2)C(C)C1O. The number of anilines is 1. The second-order valence-corrected chi connectivity index (χ2v) is 17.7. The number of aromatic nitrogens is 4. The smallest absolute Gasteiger partial charge is 0.320 e. The third-order valence-corrected chi connectivity index (χ3v) is 14.8. The molecule has 4 N–H and O–H groups in total. The molecule has 2 saturated heterocycles. The molecule has 2 bridgehead atoms. The van der Waals surface area contributed by atoms with Gasteiger partial charge in [0.15, 0.2) is 17.0 Å². The van der Waals surface area contributed by atoms with E-state index in [4.69, 9.17) is 10.5 Å². The van der Waals surface area contributed by atoms with Crippen LogP contribution in [0.25, 0.3) is 11.2 Å². The number of nitrogens with two attached hydrogens (primary N) is 1. The van der Waals surface area contributed by atoms with Crippen molar-refractivity contribution in [2.45, 2.75) is 116 Å². The fraction of sp³-hybridized carbons (Fsp3) is 0.750. The minimum atomic E-state index is -1.09. The van der Waals surface area contributed by atoms with E-state index in [1.54, 1.807) is 18.7 Å². The second kappa shape index (κ2) is 14.6. The summed E-state index contributed by atoms with van der Waals surface area (Å²) in [6, 6.07) is 0.0942. The van der Waals surface area contributed by atoms with Gasteiger partial charge in [-0.3, -0.25) is 19.3 Å². The van der Waals surface area contributed by atoms with Crippen molar-refractivity contribution in [3.05, 3.63) is 25.3 Å². The van der Waals surface area contributed by atoms with Gasteiger partial charge >= 0.3 is 5.97 Å². The Bertz CT molecular complexity index is 1760. The van der Waals surface area contributed by atoms with E-state index < -0.39 is 45.9 Å². The number of carbonyl (C=O) groups excluding carboxylic acids is 3. The molecule has 2 aliphatic heterocycles. The molecule has 9 unspecified atom stereocenters. The first-order chi connectivity index (χ1) is 25.7. The molecule has 5 fully saturated rings. The maximum absolute atomic E-state index is 13.7. The summed E-state index contributed by atoms with van der Waals surface area (Å²) in [4.78, 5) is 60.5. The van der Waals surface area contributed by atoms with Crippen LogP contribution in [0.1, 0.15) is 85.5 Å². The van der Waals surface area contributed by atoms with Crippen LogP contribution in [0.5, 0.6) is 0 Å². The number of hydrogen-bond donors (Lipinski definition) is 3. The molecular weight excluding hydrogens is 688 g/mol. The summed E-state index contributed by atoms with van der Waals surface area (Å²) in [5, 5.41) is 23.6. The number of piperazine rings is 1. The van der Waals surface area contributed by atoms with E-state index in [0.717, 1.165) is 43.7 Å². The van der Waals surface area contributed by atoms with Crippen molar-refractivity contribution in [2.24, 2.45) is 33.8 Å². The van der Waals surface area contributed by atoms with Gasteiger partial charge in [0.05, 0.1) is 25.1 Å². The van der Waals surface area contributed by atoms with Crippen LogP contribution in [0.2, 0.25) is 0 Å². The highest BCUT2D eigenvalue weighted by Gasteiger charge is 2.72. The second-order valence-electron chi connectivity index (χ2n) is 17.7. The van der Waals surface area contributed by atoms with Crippen LogP contribution >= 0.6 is 0 Å². The zero-order valence-corrected chi connectivity index (χ0v) is 32.6. The fourth-order valence-corrected chi connectivity index (χ4v) is 11.1. The number of hydrogen-bond acceptors (Lipinski definition) is 12. The summed E-state index contributed by atoms with van der Waals surface area (Å²) in [6.45, 7) is 15.9. The van der Waals surface area contributed by atoms with Crippen LogP contribution in [-0.2, 0) is 25.7 Å². The molecule has 1 amide bonds. The Kier molecular flexibility index (Phi) is 10.5. The monoisotopic (exact) mass is 748 g/mol. The van der Waals surface area contributed by atoms with Crippen molar-refractivity contribution in [1.29, 1.82) is 0 Å². The van der Waals surface area contributed by atoms with Crippen molar-refractivity contribution < 1.29 is 29.3 Å². The van der Waals surface area contributed by atoms with Crippen molar-refractivity contribution in [3.8, 4) is 0 Å². The Morgan fingerprint density at radius 1 is 1.06 bits per heavy atom. The third-order valence-electron chi connectivity index (χ3n) is 14.8. The predicted molar refractivity (Wildman–Crippen MR) is 203 cm³/mol. The molecule has 14 heteroatoms. The van der Waals surface area contributed by atoms with Crippen molar-refractivity contribution in [1.82, 2.24) is 29.3 Å². The first kappa shape index (κ1) is 38.8. The van der Waals surface area contributed by atoms with Gasteiger partial charge < -0.3 is 35.1 Å². The van der Waals surface area contributed by atoms with Gasteiger partial charge in [0.25, 0.3) is 0 Å². The Morgan fingerprint density at radius 2 is 1.81 bits per heavy atom. The Labute approximate surface area is 318 Å². The number of amides is 1. The summed E-state index contributed by atoms with van der Waals surface area (Å²) in [6.07, 6.45) is 9.06. The van der Waals surface area contributed by atoms with Gasteiger partial charge in [-0.25, -0.2) is 15.0 Å². The highest BCUT2D eigenvalue weighted by molar-refractivity contribution is 5.86. The largest absolute Gasteiger partial charge is 0.458 e. The van der Waals surface area contributed by atoms with Crippen LogP contribution in [0.15, 0.2) is 25.3 Å². The molecule has 4 heterocycles. The molecule has 54 heavy (non-hydrogen) atoms. The highest BCUT2D eigenvalue weighted by Crippen LogP contribution is 2.69. The summed E-state index contributed by atoms with van der Waals surface area (Å²) in [5.41, 5.74) is 4.32. The molecule has 296 valence electrons. The predicted octanol–water partition coefficient (Wildman–Crippen LogP) is 2.70. The first-order valence-corrected chi connectivity index (χ1v) is 20.1. The van der Waals surface area contributed by atoms with Crippen LogP contribution in [0, 0.1) is 28.1 Å². The molecule has 2 aromatic rings. The fourth-order valence-electron chi connectivity index (χ4n) is 11.1. The first-order valence-electron chi connectivity index (χ1n) is 20.1. The van der Waals surface area contributed by atoms with Gasteiger partial charge in [0, 0.05) is 81.4 Å². The zero-order chi connectivity index (χ0) is 38.6. The molecule has 3 aliphatic carbocycles. The number of ketones is 1. The highest BCUT2D eigenvalue weighted by atomic mass is 16.6. The van der Waals surface area contributed by atoms with Gasteiger partial charge in [-0.2, -0.15) is 0 Å². The summed E-state index contributed by atoms with van der Waals surface area (Å²) in [5.74, 6) is -0.233. The van der Waals surface area contributed by atoms with E-state index in [1.807, 2.05) is 42.1 Å². The van der Waals surface area contributed by atoms with Gasteiger partial charge in [-0.15, -0.1) is 6.58 Å². The average molecular weight is 749 g/mol. The number of ether oxygens (including phenoxy) is 1. The molecule has 9 atom stereocenters. The summed E-state index contributed by atoms with van der Waals surface area (Å²) >= 11 is 0. The summed E-state index contributed by atoms with van der Waals surface area (Å²) < 4.78 is 8.32. The number of imidazole rings is 1. The lowest BCUT2D eigenvalue weighted by molar-refractivity contribution is -0.252. The van der Waals surface area contributed by atoms with Crippen molar-refractivity contribution >= 4 is 34.6 Å².